The molecule has 0 amide bonds. The van der Waals surface area contributed by atoms with Crippen LogP contribution in [0, 0.1) is 6.92 Å². The summed E-state index contributed by atoms with van der Waals surface area (Å²) in [7, 11) is 0. The first-order valence-electron chi connectivity index (χ1n) is 7.00. The Morgan fingerprint density at radius 2 is 1.86 bits per heavy atom. The normalized spacial score (nSPS) is 10.6. The molecule has 1 N–H and O–H groups in total. The highest BCUT2D eigenvalue weighted by Gasteiger charge is 2.08. The molecule has 4 heteroatoms. The van der Waals surface area contributed by atoms with Gasteiger partial charge < -0.3 is 10.1 Å². The second kappa shape index (κ2) is 5.79. The summed E-state index contributed by atoms with van der Waals surface area (Å²) < 4.78 is 5.91. The van der Waals surface area contributed by atoms with Crippen LogP contribution in [0.2, 0.25) is 0 Å². The Morgan fingerprint density at radius 3 is 2.67 bits per heavy atom. The molecule has 0 unspecified atom stereocenters. The van der Waals surface area contributed by atoms with Gasteiger partial charge in [0.25, 0.3) is 0 Å². The Balaban J connectivity index is 1.93. The quantitative estimate of drug-likeness (QED) is 0.779. The summed E-state index contributed by atoms with van der Waals surface area (Å²) in [6, 6.07) is 14.2. The maximum absolute atomic E-state index is 5.91. The van der Waals surface area contributed by atoms with Gasteiger partial charge in [-0.15, -0.1) is 0 Å². The number of nitrogens with one attached hydrogen (secondary N) is 1. The number of hydrogen-bond donors (Lipinski definition) is 1. The third kappa shape index (κ3) is 2.79. The van der Waals surface area contributed by atoms with Crippen molar-refractivity contribution in [3.05, 3.63) is 54.4 Å². The summed E-state index contributed by atoms with van der Waals surface area (Å²) in [6.07, 6.45) is 1.52. The SMILES string of the molecule is CCNc1ncnc(Oc2ccc3ccccc3c2)c1C. The average molecular weight is 279 g/mol. The number of fused-ring (bicyclic) bond motifs is 1. The molecule has 0 atom stereocenters. The molecule has 21 heavy (non-hydrogen) atoms. The first kappa shape index (κ1) is 13.4. The second-order valence-corrected chi connectivity index (χ2v) is 4.79. The van der Waals surface area contributed by atoms with Gasteiger partial charge in [-0.25, -0.2) is 9.97 Å². The lowest BCUT2D eigenvalue weighted by molar-refractivity contribution is 0.458. The van der Waals surface area contributed by atoms with Crippen molar-refractivity contribution < 1.29 is 4.74 Å². The van der Waals surface area contributed by atoms with E-state index in [1.54, 1.807) is 0 Å². The minimum absolute atomic E-state index is 0.580. The van der Waals surface area contributed by atoms with E-state index in [0.717, 1.165) is 29.1 Å². The van der Waals surface area contributed by atoms with Gasteiger partial charge >= 0.3 is 0 Å². The molecule has 106 valence electrons. The van der Waals surface area contributed by atoms with Gasteiger partial charge in [-0.3, -0.25) is 0 Å². The van der Waals surface area contributed by atoms with Gasteiger partial charge in [0.1, 0.15) is 17.9 Å². The van der Waals surface area contributed by atoms with Crippen LogP contribution in [0.15, 0.2) is 48.8 Å². The van der Waals surface area contributed by atoms with E-state index in [1.807, 2.05) is 44.2 Å². The third-order valence-corrected chi connectivity index (χ3v) is 3.32. The van der Waals surface area contributed by atoms with Crippen molar-refractivity contribution in [1.82, 2.24) is 9.97 Å². The molecule has 0 aliphatic rings. The lowest BCUT2D eigenvalue weighted by Crippen LogP contribution is -2.03. The largest absolute Gasteiger partial charge is 0.439 e. The Hall–Kier alpha value is -2.62. The zero-order valence-electron chi connectivity index (χ0n) is 12.1. The molecule has 0 aliphatic carbocycles. The number of anilines is 1. The molecule has 0 fully saturated rings. The molecular formula is C17H17N3O. The van der Waals surface area contributed by atoms with Crippen molar-refractivity contribution in [1.29, 1.82) is 0 Å². The standard InChI is InChI=1S/C17H17N3O/c1-3-18-16-12(2)17(20-11-19-16)21-15-9-8-13-6-4-5-7-14(13)10-15/h4-11H,3H2,1-2H3,(H,18,19,20). The molecule has 3 rings (SSSR count). The van der Waals surface area contributed by atoms with Crippen LogP contribution in [0.1, 0.15) is 12.5 Å². The third-order valence-electron chi connectivity index (χ3n) is 3.32. The lowest BCUT2D eigenvalue weighted by atomic mass is 10.1. The highest BCUT2D eigenvalue weighted by molar-refractivity contribution is 5.83. The molecular weight excluding hydrogens is 262 g/mol. The highest BCUT2D eigenvalue weighted by Crippen LogP contribution is 2.28. The van der Waals surface area contributed by atoms with Crippen molar-refractivity contribution in [2.75, 3.05) is 11.9 Å². The van der Waals surface area contributed by atoms with Crippen LogP contribution >= 0.6 is 0 Å². The number of hydrogen-bond acceptors (Lipinski definition) is 4. The summed E-state index contributed by atoms with van der Waals surface area (Å²) in [6.45, 7) is 4.80. The fourth-order valence-corrected chi connectivity index (χ4v) is 2.23. The summed E-state index contributed by atoms with van der Waals surface area (Å²) in [5, 5.41) is 5.54. The maximum Gasteiger partial charge on any atom is 0.227 e. The molecule has 1 aromatic heterocycles. The van der Waals surface area contributed by atoms with Crippen LogP contribution in [0.5, 0.6) is 11.6 Å². The van der Waals surface area contributed by atoms with E-state index in [2.05, 4.69) is 27.4 Å². The smallest absolute Gasteiger partial charge is 0.227 e. The monoisotopic (exact) mass is 279 g/mol. The van der Waals surface area contributed by atoms with E-state index in [4.69, 9.17) is 4.74 Å². The van der Waals surface area contributed by atoms with Crippen molar-refractivity contribution in [3.63, 3.8) is 0 Å². The van der Waals surface area contributed by atoms with Crippen LogP contribution in [0.25, 0.3) is 10.8 Å². The number of rotatable bonds is 4. The predicted molar refractivity (Wildman–Crippen MR) is 85.0 cm³/mol. The Kier molecular flexibility index (Phi) is 3.69. The summed E-state index contributed by atoms with van der Waals surface area (Å²) in [5.41, 5.74) is 0.910. The van der Waals surface area contributed by atoms with Crippen LogP contribution < -0.4 is 10.1 Å². The van der Waals surface area contributed by atoms with Crippen LogP contribution in [-0.2, 0) is 0 Å². The lowest BCUT2D eigenvalue weighted by Gasteiger charge is -2.11. The molecule has 4 nitrogen and oxygen atoms in total. The minimum Gasteiger partial charge on any atom is -0.439 e. The molecule has 0 spiro atoms. The molecule has 1 heterocycles. The van der Waals surface area contributed by atoms with E-state index < -0.39 is 0 Å². The zero-order valence-corrected chi connectivity index (χ0v) is 12.1. The van der Waals surface area contributed by atoms with E-state index in [0.29, 0.717) is 5.88 Å². The summed E-state index contributed by atoms with van der Waals surface area (Å²) in [5.74, 6) is 2.16. The maximum atomic E-state index is 5.91. The van der Waals surface area contributed by atoms with E-state index >= 15 is 0 Å². The highest BCUT2D eigenvalue weighted by atomic mass is 16.5. The van der Waals surface area contributed by atoms with Crippen molar-refractivity contribution in [2.45, 2.75) is 13.8 Å². The van der Waals surface area contributed by atoms with Crippen molar-refractivity contribution >= 4 is 16.6 Å². The van der Waals surface area contributed by atoms with Crippen molar-refractivity contribution in [3.8, 4) is 11.6 Å². The van der Waals surface area contributed by atoms with Crippen LogP contribution in [-0.4, -0.2) is 16.5 Å². The predicted octanol–water partition coefficient (Wildman–Crippen LogP) is 4.16. The zero-order chi connectivity index (χ0) is 14.7. The Bertz CT molecular complexity index is 771. The molecule has 2 aromatic carbocycles. The fourth-order valence-electron chi connectivity index (χ4n) is 2.23. The van der Waals surface area contributed by atoms with Crippen LogP contribution in [0.3, 0.4) is 0 Å². The summed E-state index contributed by atoms with van der Waals surface area (Å²) >= 11 is 0. The van der Waals surface area contributed by atoms with Crippen molar-refractivity contribution in [2.24, 2.45) is 0 Å². The first-order valence-corrected chi connectivity index (χ1v) is 7.00. The minimum atomic E-state index is 0.580. The number of aromatic nitrogens is 2. The molecule has 0 saturated heterocycles. The number of benzene rings is 2. The average Bonchev–Trinajstić information content (AvgIpc) is 2.51. The molecule has 0 bridgehead atoms. The fraction of sp³-hybridized carbons (Fsp3) is 0.176. The first-order chi connectivity index (χ1) is 10.3. The number of ether oxygens (including phenoxy) is 1. The van der Waals surface area contributed by atoms with Crippen LogP contribution in [0.4, 0.5) is 5.82 Å². The van der Waals surface area contributed by atoms with Gasteiger partial charge in [-0.05, 0) is 36.8 Å². The molecule has 0 radical (unpaired) electrons. The molecule has 3 aromatic rings. The molecule has 0 aliphatic heterocycles. The van der Waals surface area contributed by atoms with Gasteiger partial charge in [0, 0.05) is 6.54 Å². The Labute approximate surface area is 123 Å². The van der Waals surface area contributed by atoms with E-state index in [1.165, 1.54) is 11.7 Å². The summed E-state index contributed by atoms with van der Waals surface area (Å²) in [4.78, 5) is 8.44. The van der Waals surface area contributed by atoms with E-state index in [9.17, 15) is 0 Å². The Morgan fingerprint density at radius 1 is 1.05 bits per heavy atom. The van der Waals surface area contributed by atoms with Gasteiger partial charge in [-0.1, -0.05) is 30.3 Å². The van der Waals surface area contributed by atoms with Gasteiger partial charge in [-0.2, -0.15) is 0 Å². The number of nitrogens with zero attached hydrogens (tertiary/aromatic N) is 2. The topological polar surface area (TPSA) is 47.0 Å². The molecule has 0 saturated carbocycles. The van der Waals surface area contributed by atoms with Gasteiger partial charge in [0.15, 0.2) is 0 Å². The van der Waals surface area contributed by atoms with E-state index in [-0.39, 0.29) is 0 Å². The van der Waals surface area contributed by atoms with Gasteiger partial charge in [0.2, 0.25) is 5.88 Å². The van der Waals surface area contributed by atoms with Gasteiger partial charge in [0.05, 0.1) is 5.56 Å². The second-order valence-electron chi connectivity index (χ2n) is 4.79.